The summed E-state index contributed by atoms with van der Waals surface area (Å²) in [5.74, 6) is 0.270. The molecule has 1 saturated heterocycles. The molecule has 20 heavy (non-hydrogen) atoms. The first kappa shape index (κ1) is 15.0. The second-order valence-corrected chi connectivity index (χ2v) is 6.47. The van der Waals surface area contributed by atoms with E-state index >= 15 is 0 Å². The Kier molecular flexibility index (Phi) is 4.48. The highest BCUT2D eigenvalue weighted by Crippen LogP contribution is 2.28. The molecular formula is C15H25FN4. The Morgan fingerprint density at radius 1 is 1.30 bits per heavy atom. The van der Waals surface area contributed by atoms with Gasteiger partial charge >= 0.3 is 0 Å². The Bertz CT molecular complexity index is 450. The number of anilines is 2. The van der Waals surface area contributed by atoms with E-state index in [1.54, 1.807) is 6.07 Å². The lowest BCUT2D eigenvalue weighted by Gasteiger charge is -2.34. The molecule has 0 spiro atoms. The fourth-order valence-corrected chi connectivity index (χ4v) is 2.56. The summed E-state index contributed by atoms with van der Waals surface area (Å²) in [5.41, 5.74) is 0.809. The van der Waals surface area contributed by atoms with Gasteiger partial charge in [0.25, 0.3) is 0 Å². The molecule has 0 saturated carbocycles. The summed E-state index contributed by atoms with van der Waals surface area (Å²) in [7, 11) is 2.01. The van der Waals surface area contributed by atoms with Gasteiger partial charge in [-0.2, -0.15) is 4.39 Å². The van der Waals surface area contributed by atoms with Gasteiger partial charge in [-0.15, -0.1) is 0 Å². The van der Waals surface area contributed by atoms with E-state index in [-0.39, 0.29) is 5.54 Å². The minimum absolute atomic E-state index is 0.0801. The van der Waals surface area contributed by atoms with Gasteiger partial charge in [0.05, 0.1) is 5.69 Å². The van der Waals surface area contributed by atoms with Gasteiger partial charge < -0.3 is 15.5 Å². The van der Waals surface area contributed by atoms with Crippen molar-refractivity contribution in [3.05, 3.63) is 18.1 Å². The van der Waals surface area contributed by atoms with E-state index < -0.39 is 5.95 Å². The normalized spacial score (nSPS) is 17.1. The van der Waals surface area contributed by atoms with Crippen molar-refractivity contribution in [3.8, 4) is 0 Å². The van der Waals surface area contributed by atoms with Crippen LogP contribution in [0.2, 0.25) is 0 Å². The molecule has 5 heteroatoms. The van der Waals surface area contributed by atoms with Gasteiger partial charge in [-0.3, -0.25) is 0 Å². The predicted octanol–water partition coefficient (Wildman–Crippen LogP) is 2.62. The van der Waals surface area contributed by atoms with Crippen LogP contribution in [0.1, 0.15) is 33.6 Å². The van der Waals surface area contributed by atoms with Crippen LogP contribution < -0.4 is 15.5 Å². The van der Waals surface area contributed by atoms with E-state index in [9.17, 15) is 4.39 Å². The fourth-order valence-electron chi connectivity index (χ4n) is 2.56. The summed E-state index contributed by atoms with van der Waals surface area (Å²) < 4.78 is 13.5. The van der Waals surface area contributed by atoms with Crippen molar-refractivity contribution in [2.75, 3.05) is 30.4 Å². The number of pyridine rings is 1. The molecule has 2 heterocycles. The van der Waals surface area contributed by atoms with Crippen LogP contribution in [-0.4, -0.2) is 36.7 Å². The van der Waals surface area contributed by atoms with Gasteiger partial charge in [-0.1, -0.05) is 0 Å². The molecule has 1 aliphatic heterocycles. The summed E-state index contributed by atoms with van der Waals surface area (Å²) >= 11 is 0. The molecule has 2 rings (SSSR count). The number of hydrogen-bond acceptors (Lipinski definition) is 4. The first-order valence-electron chi connectivity index (χ1n) is 7.25. The zero-order chi connectivity index (χ0) is 14.8. The summed E-state index contributed by atoms with van der Waals surface area (Å²) in [5, 5.41) is 6.76. The molecule has 0 atom stereocenters. The molecule has 0 aliphatic carbocycles. The highest BCUT2D eigenvalue weighted by molar-refractivity contribution is 5.66. The SMILES string of the molecule is CN(c1nc(F)ccc1NC(C)(C)C)C1CCNCC1. The van der Waals surface area contributed by atoms with E-state index in [0.29, 0.717) is 11.9 Å². The Labute approximate surface area is 120 Å². The van der Waals surface area contributed by atoms with Gasteiger partial charge in [0.1, 0.15) is 0 Å². The van der Waals surface area contributed by atoms with Crippen LogP contribution in [0, 0.1) is 5.95 Å². The maximum atomic E-state index is 13.5. The molecule has 1 fully saturated rings. The van der Waals surface area contributed by atoms with Crippen molar-refractivity contribution in [2.24, 2.45) is 0 Å². The second-order valence-electron chi connectivity index (χ2n) is 6.47. The minimum Gasteiger partial charge on any atom is -0.377 e. The standard InChI is InChI=1S/C15H25FN4/c1-15(2,3)19-12-5-6-13(16)18-14(12)20(4)11-7-9-17-10-8-11/h5-6,11,17,19H,7-10H2,1-4H3. The molecule has 0 unspecified atom stereocenters. The van der Waals surface area contributed by atoms with Crippen molar-refractivity contribution in [3.63, 3.8) is 0 Å². The molecule has 4 nitrogen and oxygen atoms in total. The molecule has 0 radical (unpaired) electrons. The van der Waals surface area contributed by atoms with Crippen LogP contribution in [0.15, 0.2) is 12.1 Å². The maximum Gasteiger partial charge on any atom is 0.214 e. The lowest BCUT2D eigenvalue weighted by molar-refractivity contribution is 0.440. The summed E-state index contributed by atoms with van der Waals surface area (Å²) in [6.07, 6.45) is 2.12. The Morgan fingerprint density at radius 3 is 2.55 bits per heavy atom. The number of rotatable bonds is 3. The fraction of sp³-hybridized carbons (Fsp3) is 0.667. The van der Waals surface area contributed by atoms with Gasteiger partial charge in [0.2, 0.25) is 5.95 Å². The van der Waals surface area contributed by atoms with Crippen LogP contribution in [0.3, 0.4) is 0 Å². The van der Waals surface area contributed by atoms with E-state index in [4.69, 9.17) is 0 Å². The molecule has 0 aromatic carbocycles. The monoisotopic (exact) mass is 280 g/mol. The number of aromatic nitrogens is 1. The molecular weight excluding hydrogens is 255 g/mol. The van der Waals surface area contributed by atoms with Crippen molar-refractivity contribution >= 4 is 11.5 Å². The number of piperidine rings is 1. The average Bonchev–Trinajstić information content (AvgIpc) is 2.39. The minimum atomic E-state index is -0.430. The summed E-state index contributed by atoms with van der Waals surface area (Å²) in [6.45, 7) is 8.28. The smallest absolute Gasteiger partial charge is 0.214 e. The number of nitrogens with one attached hydrogen (secondary N) is 2. The van der Waals surface area contributed by atoms with E-state index in [1.165, 1.54) is 6.07 Å². The van der Waals surface area contributed by atoms with Gasteiger partial charge in [0.15, 0.2) is 5.82 Å². The van der Waals surface area contributed by atoms with Gasteiger partial charge in [0, 0.05) is 18.6 Å². The lowest BCUT2D eigenvalue weighted by Crippen LogP contribution is -2.42. The Morgan fingerprint density at radius 2 is 1.95 bits per heavy atom. The zero-order valence-electron chi connectivity index (χ0n) is 12.8. The van der Waals surface area contributed by atoms with Crippen molar-refractivity contribution in [1.82, 2.24) is 10.3 Å². The third-order valence-corrected chi connectivity index (χ3v) is 3.54. The van der Waals surface area contributed by atoms with E-state index in [0.717, 1.165) is 31.6 Å². The Balaban J connectivity index is 2.25. The molecule has 112 valence electrons. The largest absolute Gasteiger partial charge is 0.377 e. The van der Waals surface area contributed by atoms with E-state index in [2.05, 4.69) is 41.3 Å². The number of hydrogen-bond donors (Lipinski definition) is 2. The van der Waals surface area contributed by atoms with Crippen LogP contribution >= 0.6 is 0 Å². The highest BCUT2D eigenvalue weighted by atomic mass is 19.1. The molecule has 2 N–H and O–H groups in total. The van der Waals surface area contributed by atoms with Gasteiger partial charge in [-0.25, -0.2) is 4.98 Å². The predicted molar refractivity (Wildman–Crippen MR) is 81.9 cm³/mol. The van der Waals surface area contributed by atoms with Crippen molar-refractivity contribution in [2.45, 2.75) is 45.2 Å². The molecule has 1 aromatic heterocycles. The zero-order valence-corrected chi connectivity index (χ0v) is 12.8. The summed E-state index contributed by atoms with van der Waals surface area (Å²) in [6, 6.07) is 3.60. The highest BCUT2D eigenvalue weighted by Gasteiger charge is 2.23. The third-order valence-electron chi connectivity index (χ3n) is 3.54. The second kappa shape index (κ2) is 5.95. The number of nitrogens with zero attached hydrogens (tertiary/aromatic N) is 2. The first-order chi connectivity index (χ1) is 9.37. The van der Waals surface area contributed by atoms with Gasteiger partial charge in [-0.05, 0) is 58.8 Å². The van der Waals surface area contributed by atoms with Crippen LogP contribution in [-0.2, 0) is 0 Å². The average molecular weight is 280 g/mol. The Hall–Kier alpha value is -1.36. The molecule has 0 amide bonds. The van der Waals surface area contributed by atoms with Crippen LogP contribution in [0.4, 0.5) is 15.9 Å². The maximum absolute atomic E-state index is 13.5. The van der Waals surface area contributed by atoms with Crippen LogP contribution in [0.25, 0.3) is 0 Å². The lowest BCUT2D eigenvalue weighted by atomic mass is 10.0. The quantitative estimate of drug-likeness (QED) is 0.835. The molecule has 1 aromatic rings. The first-order valence-corrected chi connectivity index (χ1v) is 7.25. The topological polar surface area (TPSA) is 40.2 Å². The number of halogens is 1. The van der Waals surface area contributed by atoms with Crippen molar-refractivity contribution < 1.29 is 4.39 Å². The van der Waals surface area contributed by atoms with E-state index in [1.807, 2.05) is 7.05 Å². The molecule has 0 bridgehead atoms. The van der Waals surface area contributed by atoms with Crippen LogP contribution in [0.5, 0.6) is 0 Å². The third kappa shape index (κ3) is 3.82. The van der Waals surface area contributed by atoms with Crippen molar-refractivity contribution in [1.29, 1.82) is 0 Å². The molecule has 1 aliphatic rings. The summed E-state index contributed by atoms with van der Waals surface area (Å²) in [4.78, 5) is 6.22.